The van der Waals surface area contributed by atoms with Gasteiger partial charge in [-0.05, 0) is 31.2 Å². The zero-order valence-corrected chi connectivity index (χ0v) is 13.9. The average Bonchev–Trinajstić information content (AvgIpc) is 2.99. The maximum atomic E-state index is 12.4. The summed E-state index contributed by atoms with van der Waals surface area (Å²) in [6.45, 7) is -1.27. The van der Waals surface area contributed by atoms with Crippen LogP contribution < -0.4 is 10.1 Å². The van der Waals surface area contributed by atoms with E-state index in [2.05, 4.69) is 20.3 Å². The fraction of sp³-hybridized carbons (Fsp3) is 0.188. The van der Waals surface area contributed by atoms with Gasteiger partial charge < -0.3 is 10.1 Å². The predicted octanol–water partition coefficient (Wildman–Crippen LogP) is 3.45. The lowest BCUT2D eigenvalue weighted by molar-refractivity contribution is -0.115. The second kappa shape index (κ2) is 7.47. The summed E-state index contributed by atoms with van der Waals surface area (Å²) in [6, 6.07) is 11.5. The van der Waals surface area contributed by atoms with Crippen LogP contribution in [0.4, 0.5) is 14.5 Å². The molecule has 3 aromatic rings. The number of carbonyl (C=O) groups is 1. The van der Waals surface area contributed by atoms with Crippen molar-refractivity contribution in [2.24, 2.45) is 0 Å². The molecule has 0 aliphatic rings. The number of amides is 1. The highest BCUT2D eigenvalue weighted by Crippen LogP contribution is 2.28. The number of halogens is 2. The van der Waals surface area contributed by atoms with Crippen LogP contribution in [0.5, 0.6) is 5.75 Å². The number of para-hydroxylation sites is 2. The number of pyridine rings is 1. The number of carbonyl (C=O) groups excluding carboxylic acids is 1. The number of hydrogen-bond acceptors (Lipinski definition) is 5. The number of alkyl halides is 2. The predicted molar refractivity (Wildman–Crippen MR) is 90.0 cm³/mol. The van der Waals surface area contributed by atoms with E-state index in [1.807, 2.05) is 12.1 Å². The Hall–Kier alpha value is -2.68. The fourth-order valence-corrected chi connectivity index (χ4v) is 2.95. The van der Waals surface area contributed by atoms with Crippen molar-refractivity contribution in [3.8, 4) is 5.75 Å². The minimum absolute atomic E-state index is 0.0871. The largest absolute Gasteiger partial charge is 0.433 e. The standard InChI is InChI=1S/C16H14F2N4O2S/c1-10(25-16-21-20-13-8-4-5-9-22(13)16)14(23)19-11-6-2-3-7-12(11)24-15(17)18/h2-10,15H,1H3,(H,19,23)/t10-/m1/s1. The second-order valence-electron chi connectivity index (χ2n) is 5.04. The SMILES string of the molecule is C[C@@H](Sc1nnc2ccccn12)C(=O)Nc1ccccc1OC(F)F. The van der Waals surface area contributed by atoms with Crippen molar-refractivity contribution in [1.29, 1.82) is 0 Å². The number of hydrogen-bond donors (Lipinski definition) is 1. The van der Waals surface area contributed by atoms with Crippen molar-refractivity contribution in [3.05, 3.63) is 48.7 Å². The molecule has 2 aromatic heterocycles. The van der Waals surface area contributed by atoms with E-state index in [0.717, 1.165) is 0 Å². The van der Waals surface area contributed by atoms with Gasteiger partial charge in [0.1, 0.15) is 5.75 Å². The highest BCUT2D eigenvalue weighted by molar-refractivity contribution is 8.00. The minimum Gasteiger partial charge on any atom is -0.433 e. The minimum atomic E-state index is -2.97. The molecule has 6 nitrogen and oxygen atoms in total. The molecule has 25 heavy (non-hydrogen) atoms. The van der Waals surface area contributed by atoms with Crippen molar-refractivity contribution in [2.45, 2.75) is 23.9 Å². The van der Waals surface area contributed by atoms with Crippen LogP contribution in [0.2, 0.25) is 0 Å². The molecule has 1 aromatic carbocycles. The Labute approximate surface area is 146 Å². The van der Waals surface area contributed by atoms with Crippen molar-refractivity contribution in [2.75, 3.05) is 5.32 Å². The lowest BCUT2D eigenvalue weighted by atomic mass is 10.3. The van der Waals surface area contributed by atoms with Crippen LogP contribution in [0.3, 0.4) is 0 Å². The van der Waals surface area contributed by atoms with Crippen LogP contribution in [0, 0.1) is 0 Å². The first-order chi connectivity index (χ1) is 12.0. The van der Waals surface area contributed by atoms with Gasteiger partial charge in [0.15, 0.2) is 10.8 Å². The number of ether oxygens (including phenoxy) is 1. The van der Waals surface area contributed by atoms with E-state index < -0.39 is 11.9 Å². The summed E-state index contributed by atoms with van der Waals surface area (Å²) < 4.78 is 31.1. The molecule has 0 aliphatic carbocycles. The van der Waals surface area contributed by atoms with Crippen LogP contribution in [-0.2, 0) is 4.79 Å². The summed E-state index contributed by atoms with van der Waals surface area (Å²) in [5, 5.41) is 10.7. The molecular weight excluding hydrogens is 350 g/mol. The number of benzene rings is 1. The summed E-state index contributed by atoms with van der Waals surface area (Å²) in [5.41, 5.74) is 0.861. The molecule has 0 saturated heterocycles. The molecule has 0 aliphatic heterocycles. The summed E-state index contributed by atoms with van der Waals surface area (Å²) in [4.78, 5) is 12.4. The summed E-state index contributed by atoms with van der Waals surface area (Å²) in [7, 11) is 0. The molecule has 130 valence electrons. The molecule has 0 spiro atoms. The van der Waals surface area contributed by atoms with Gasteiger partial charge in [-0.25, -0.2) is 0 Å². The smallest absolute Gasteiger partial charge is 0.387 e. The fourth-order valence-electron chi connectivity index (χ4n) is 2.11. The van der Waals surface area contributed by atoms with Crippen LogP contribution >= 0.6 is 11.8 Å². The van der Waals surface area contributed by atoms with Crippen LogP contribution in [0.1, 0.15) is 6.92 Å². The Kier molecular flexibility index (Phi) is 5.13. The Balaban J connectivity index is 1.71. The van der Waals surface area contributed by atoms with Crippen LogP contribution in [0.25, 0.3) is 5.65 Å². The monoisotopic (exact) mass is 364 g/mol. The average molecular weight is 364 g/mol. The van der Waals surface area contributed by atoms with E-state index in [9.17, 15) is 13.6 Å². The topological polar surface area (TPSA) is 68.5 Å². The molecule has 2 heterocycles. The zero-order chi connectivity index (χ0) is 17.8. The van der Waals surface area contributed by atoms with E-state index in [4.69, 9.17) is 0 Å². The molecule has 0 unspecified atom stereocenters. The number of fused-ring (bicyclic) bond motifs is 1. The second-order valence-corrected chi connectivity index (χ2v) is 6.34. The van der Waals surface area contributed by atoms with Crippen molar-refractivity contribution >= 4 is 29.0 Å². The normalized spacial score (nSPS) is 12.3. The van der Waals surface area contributed by atoms with Gasteiger partial charge in [0.2, 0.25) is 5.91 Å². The van der Waals surface area contributed by atoms with E-state index in [1.165, 1.54) is 23.9 Å². The third kappa shape index (κ3) is 4.05. The van der Waals surface area contributed by atoms with Crippen molar-refractivity contribution < 1.29 is 18.3 Å². The third-order valence-corrected chi connectivity index (χ3v) is 4.35. The molecule has 0 radical (unpaired) electrons. The molecule has 0 saturated carbocycles. The van der Waals surface area contributed by atoms with Gasteiger partial charge in [0, 0.05) is 6.20 Å². The molecule has 9 heteroatoms. The van der Waals surface area contributed by atoms with Gasteiger partial charge in [-0.15, -0.1) is 10.2 Å². The Morgan fingerprint density at radius 1 is 1.20 bits per heavy atom. The van der Waals surface area contributed by atoms with E-state index in [0.29, 0.717) is 10.8 Å². The van der Waals surface area contributed by atoms with Crippen molar-refractivity contribution in [1.82, 2.24) is 14.6 Å². The zero-order valence-electron chi connectivity index (χ0n) is 13.1. The summed E-state index contributed by atoms with van der Waals surface area (Å²) >= 11 is 1.22. The Bertz CT molecular complexity index is 887. The van der Waals surface area contributed by atoms with Gasteiger partial charge in [-0.1, -0.05) is 30.0 Å². The third-order valence-electron chi connectivity index (χ3n) is 3.29. The Morgan fingerprint density at radius 3 is 2.76 bits per heavy atom. The quantitative estimate of drug-likeness (QED) is 0.679. The molecule has 3 rings (SSSR count). The molecule has 0 fully saturated rings. The number of nitrogens with zero attached hydrogens (tertiary/aromatic N) is 3. The van der Waals surface area contributed by atoms with Gasteiger partial charge in [0.05, 0.1) is 10.9 Å². The van der Waals surface area contributed by atoms with Gasteiger partial charge in [-0.2, -0.15) is 8.78 Å². The van der Waals surface area contributed by atoms with E-state index in [-0.39, 0.29) is 17.3 Å². The highest BCUT2D eigenvalue weighted by atomic mass is 32.2. The number of nitrogens with one attached hydrogen (secondary N) is 1. The van der Waals surface area contributed by atoms with Gasteiger partial charge in [-0.3, -0.25) is 9.20 Å². The van der Waals surface area contributed by atoms with E-state index in [1.54, 1.807) is 35.7 Å². The number of rotatable bonds is 6. The first-order valence-corrected chi connectivity index (χ1v) is 8.23. The first kappa shape index (κ1) is 17.2. The summed E-state index contributed by atoms with van der Waals surface area (Å²) in [5.74, 6) is -0.445. The molecule has 1 amide bonds. The number of aromatic nitrogens is 3. The van der Waals surface area contributed by atoms with Gasteiger partial charge >= 0.3 is 6.61 Å². The maximum Gasteiger partial charge on any atom is 0.387 e. The van der Waals surface area contributed by atoms with Gasteiger partial charge in [0.25, 0.3) is 0 Å². The van der Waals surface area contributed by atoms with E-state index >= 15 is 0 Å². The first-order valence-electron chi connectivity index (χ1n) is 7.35. The lowest BCUT2D eigenvalue weighted by Gasteiger charge is -2.14. The molecule has 1 N–H and O–H groups in total. The Morgan fingerprint density at radius 2 is 1.96 bits per heavy atom. The number of thioether (sulfide) groups is 1. The molecule has 0 bridgehead atoms. The van der Waals surface area contributed by atoms with Crippen molar-refractivity contribution in [3.63, 3.8) is 0 Å². The number of anilines is 1. The lowest BCUT2D eigenvalue weighted by Crippen LogP contribution is -2.23. The highest BCUT2D eigenvalue weighted by Gasteiger charge is 2.19. The van der Waals surface area contributed by atoms with Crippen LogP contribution in [0.15, 0.2) is 53.8 Å². The summed E-state index contributed by atoms with van der Waals surface area (Å²) in [6.07, 6.45) is 1.80. The molecule has 1 atom stereocenters. The van der Waals surface area contributed by atoms with Crippen LogP contribution in [-0.4, -0.2) is 32.4 Å². The molecular formula is C16H14F2N4O2S. The maximum absolute atomic E-state index is 12.4.